The molecule has 0 aliphatic carbocycles. The number of hydrogen-bond donors (Lipinski definition) is 3. The minimum absolute atomic E-state index is 0.0562. The highest BCUT2D eigenvalue weighted by molar-refractivity contribution is 5.95. The van der Waals surface area contributed by atoms with E-state index in [1.165, 1.54) is 0 Å². The van der Waals surface area contributed by atoms with Crippen molar-refractivity contribution in [1.82, 2.24) is 5.32 Å². The van der Waals surface area contributed by atoms with Crippen molar-refractivity contribution < 1.29 is 28.9 Å². The van der Waals surface area contributed by atoms with Gasteiger partial charge in [0.25, 0.3) is 0 Å². The van der Waals surface area contributed by atoms with Crippen LogP contribution in [0.15, 0.2) is 48.5 Å². The van der Waals surface area contributed by atoms with E-state index in [1.807, 2.05) is 55.5 Å². The number of ether oxygens (including phenoxy) is 3. The Morgan fingerprint density at radius 2 is 1.97 bits per heavy atom. The molecule has 2 saturated heterocycles. The van der Waals surface area contributed by atoms with E-state index in [-0.39, 0.29) is 42.9 Å². The van der Waals surface area contributed by atoms with Crippen molar-refractivity contribution in [1.29, 1.82) is 0 Å². The monoisotopic (exact) mass is 494 g/mol. The smallest absolute Gasteiger partial charge is 0.230 e. The van der Waals surface area contributed by atoms with Gasteiger partial charge in [-0.2, -0.15) is 0 Å². The maximum atomic E-state index is 13.2. The highest BCUT2D eigenvalue weighted by Crippen LogP contribution is 2.46. The van der Waals surface area contributed by atoms with Crippen LogP contribution in [-0.4, -0.2) is 55.1 Å². The van der Waals surface area contributed by atoms with E-state index in [9.17, 15) is 14.7 Å². The molecule has 2 bridgehead atoms. The van der Waals surface area contributed by atoms with Crippen molar-refractivity contribution in [2.75, 3.05) is 25.1 Å². The molecule has 0 aromatic heterocycles. The molecule has 192 valence electrons. The maximum Gasteiger partial charge on any atom is 0.230 e. The summed E-state index contributed by atoms with van der Waals surface area (Å²) in [5.41, 5.74) is 2.65. The van der Waals surface area contributed by atoms with Crippen molar-refractivity contribution in [3.05, 3.63) is 59.7 Å². The summed E-state index contributed by atoms with van der Waals surface area (Å²) in [6.07, 6.45) is 1.17. The largest absolute Gasteiger partial charge is 0.490 e. The average Bonchev–Trinajstić information content (AvgIpc) is 3.00. The Kier molecular flexibility index (Phi) is 7.55. The van der Waals surface area contributed by atoms with Crippen LogP contribution < -0.4 is 15.4 Å². The third kappa shape index (κ3) is 5.40. The topological polar surface area (TPSA) is 106 Å². The van der Waals surface area contributed by atoms with Crippen LogP contribution in [0.1, 0.15) is 55.7 Å². The predicted molar refractivity (Wildman–Crippen MR) is 134 cm³/mol. The normalized spacial score (nSPS) is 26.8. The Labute approximate surface area is 211 Å². The lowest BCUT2D eigenvalue weighted by Gasteiger charge is -2.40. The molecule has 2 aromatic rings. The van der Waals surface area contributed by atoms with Crippen molar-refractivity contribution in [3.8, 4) is 5.75 Å². The molecule has 2 aromatic carbocycles. The molecule has 5 atom stereocenters. The second-order valence-electron chi connectivity index (χ2n) is 9.92. The fraction of sp³-hybridized carbons (Fsp3) is 0.500. The number of benzene rings is 2. The summed E-state index contributed by atoms with van der Waals surface area (Å²) in [5, 5.41) is 16.2. The molecule has 5 rings (SSSR count). The molecular formula is C28H34N2O6. The zero-order chi connectivity index (χ0) is 25.1. The van der Waals surface area contributed by atoms with Crippen molar-refractivity contribution in [2.45, 2.75) is 62.9 Å². The zero-order valence-electron chi connectivity index (χ0n) is 20.5. The number of anilines is 1. The number of hydrogen-bond acceptors (Lipinski definition) is 6. The number of amides is 2. The Bertz CT molecular complexity index is 1070. The van der Waals surface area contributed by atoms with Gasteiger partial charge in [-0.15, -0.1) is 0 Å². The molecule has 3 heterocycles. The third-order valence-corrected chi connectivity index (χ3v) is 7.43. The highest BCUT2D eigenvalue weighted by Gasteiger charge is 2.46. The molecule has 8 heteroatoms. The van der Waals surface area contributed by atoms with Crippen LogP contribution in [0.4, 0.5) is 5.69 Å². The molecular weight excluding hydrogens is 460 g/mol. The van der Waals surface area contributed by atoms with Crippen LogP contribution >= 0.6 is 0 Å². The lowest BCUT2D eigenvalue weighted by atomic mass is 9.76. The zero-order valence-corrected chi connectivity index (χ0v) is 20.5. The van der Waals surface area contributed by atoms with Gasteiger partial charge < -0.3 is 30.0 Å². The van der Waals surface area contributed by atoms with Crippen LogP contribution in [0.5, 0.6) is 5.75 Å². The summed E-state index contributed by atoms with van der Waals surface area (Å²) < 4.78 is 18.0. The molecule has 0 unspecified atom stereocenters. The van der Waals surface area contributed by atoms with E-state index in [4.69, 9.17) is 14.2 Å². The van der Waals surface area contributed by atoms with Gasteiger partial charge in [0.15, 0.2) is 0 Å². The summed E-state index contributed by atoms with van der Waals surface area (Å²) in [7, 11) is 0. The standard InChI is InChI=1S/C28H34N2O6/c1-17(18-5-3-2-4-6-18)29-26(32)15-21-14-23-22-13-19(30-28(33)27(23)25(16-31)36-21)7-8-24(22)35-20-9-11-34-12-10-20/h2-8,13,17,20-21,23,25,27,31H,9-12,14-16H2,1H3,(H,29,32)(H,30,33)/t17-,21+,23+,25-,27-/m1/s1. The van der Waals surface area contributed by atoms with Crippen LogP contribution in [0.3, 0.4) is 0 Å². The first-order chi connectivity index (χ1) is 17.5. The van der Waals surface area contributed by atoms with Gasteiger partial charge in [-0.25, -0.2) is 0 Å². The molecule has 2 fully saturated rings. The summed E-state index contributed by atoms with van der Waals surface area (Å²) in [4.78, 5) is 26.1. The predicted octanol–water partition coefficient (Wildman–Crippen LogP) is 3.31. The second-order valence-corrected chi connectivity index (χ2v) is 9.92. The van der Waals surface area contributed by atoms with Crippen molar-refractivity contribution in [3.63, 3.8) is 0 Å². The SMILES string of the molecule is C[C@@H](NC(=O)C[C@@H]1C[C@H]2c3cc(ccc3OC3CCOCC3)NC(=O)[C@H]2[C@@H](CO)O1)c1ccccc1. The second kappa shape index (κ2) is 11.0. The van der Waals surface area contributed by atoms with Crippen LogP contribution in [0.25, 0.3) is 0 Å². The van der Waals surface area contributed by atoms with Crippen LogP contribution in [0.2, 0.25) is 0 Å². The fourth-order valence-corrected chi connectivity index (χ4v) is 5.59. The van der Waals surface area contributed by atoms with Crippen LogP contribution in [0, 0.1) is 5.92 Å². The first-order valence-corrected chi connectivity index (χ1v) is 12.8. The van der Waals surface area contributed by atoms with E-state index in [0.29, 0.717) is 25.3 Å². The van der Waals surface area contributed by atoms with E-state index in [0.717, 1.165) is 29.7 Å². The average molecular weight is 495 g/mol. The third-order valence-electron chi connectivity index (χ3n) is 7.43. The van der Waals surface area contributed by atoms with Gasteiger partial charge in [0.2, 0.25) is 11.8 Å². The number of aliphatic hydroxyl groups excluding tert-OH is 1. The molecule has 0 radical (unpaired) electrons. The molecule has 36 heavy (non-hydrogen) atoms. The molecule has 3 N–H and O–H groups in total. The molecule has 3 aliphatic rings. The first kappa shape index (κ1) is 24.7. The lowest BCUT2D eigenvalue weighted by molar-refractivity contribution is -0.148. The molecule has 8 nitrogen and oxygen atoms in total. The number of rotatable bonds is 7. The number of carbonyl (C=O) groups excluding carboxylic acids is 2. The maximum absolute atomic E-state index is 13.2. The van der Waals surface area contributed by atoms with E-state index in [1.54, 1.807) is 0 Å². The minimum Gasteiger partial charge on any atom is -0.490 e. The van der Waals surface area contributed by atoms with Crippen LogP contribution in [-0.2, 0) is 19.1 Å². The molecule has 2 amide bonds. The van der Waals surface area contributed by atoms with Gasteiger partial charge in [-0.1, -0.05) is 30.3 Å². The van der Waals surface area contributed by atoms with E-state index >= 15 is 0 Å². The number of nitrogens with one attached hydrogen (secondary N) is 2. The Morgan fingerprint density at radius 1 is 1.19 bits per heavy atom. The Hall–Kier alpha value is -2.94. The summed E-state index contributed by atoms with van der Waals surface area (Å²) in [6, 6.07) is 15.4. The van der Waals surface area contributed by atoms with Gasteiger partial charge in [-0.05, 0) is 37.1 Å². The van der Waals surface area contributed by atoms with Crippen molar-refractivity contribution >= 4 is 17.5 Å². The van der Waals surface area contributed by atoms with Crippen molar-refractivity contribution in [2.24, 2.45) is 5.92 Å². The highest BCUT2D eigenvalue weighted by atomic mass is 16.5. The van der Waals surface area contributed by atoms with E-state index in [2.05, 4.69) is 10.6 Å². The Balaban J connectivity index is 1.35. The number of carbonyl (C=O) groups is 2. The van der Waals surface area contributed by atoms with Gasteiger partial charge in [0.05, 0.1) is 50.4 Å². The first-order valence-electron chi connectivity index (χ1n) is 12.8. The Morgan fingerprint density at radius 3 is 2.72 bits per heavy atom. The van der Waals surface area contributed by atoms with Gasteiger partial charge >= 0.3 is 0 Å². The molecule has 0 saturated carbocycles. The minimum atomic E-state index is -0.710. The fourth-order valence-electron chi connectivity index (χ4n) is 5.59. The quantitative estimate of drug-likeness (QED) is 0.545. The summed E-state index contributed by atoms with van der Waals surface area (Å²) in [6.45, 7) is 2.98. The lowest BCUT2D eigenvalue weighted by Crippen LogP contribution is -2.48. The van der Waals surface area contributed by atoms with Gasteiger partial charge in [-0.3, -0.25) is 9.59 Å². The molecule has 0 spiro atoms. The van der Waals surface area contributed by atoms with E-state index < -0.39 is 18.1 Å². The number of aliphatic hydroxyl groups is 1. The molecule has 3 aliphatic heterocycles. The summed E-state index contributed by atoms with van der Waals surface area (Å²) >= 11 is 0. The van der Waals surface area contributed by atoms with Gasteiger partial charge in [0, 0.05) is 30.0 Å². The summed E-state index contributed by atoms with van der Waals surface area (Å²) in [5.74, 6) is -0.376. The number of fused-ring (bicyclic) bond motifs is 4. The van der Waals surface area contributed by atoms with Gasteiger partial charge in [0.1, 0.15) is 11.9 Å².